The van der Waals surface area contributed by atoms with Gasteiger partial charge in [-0.25, -0.2) is 9.79 Å². The van der Waals surface area contributed by atoms with Gasteiger partial charge < -0.3 is 9.80 Å². The molecule has 0 aromatic heterocycles. The molecule has 0 spiro atoms. The van der Waals surface area contributed by atoms with Crippen LogP contribution in [-0.2, 0) is 9.59 Å². The van der Waals surface area contributed by atoms with Crippen LogP contribution in [0.2, 0.25) is 0 Å². The Balaban J connectivity index is 1.70. The molecule has 0 saturated carbocycles. The van der Waals surface area contributed by atoms with Crippen molar-refractivity contribution in [1.82, 2.24) is 14.7 Å². The number of imide groups is 1. The van der Waals surface area contributed by atoms with Crippen molar-refractivity contribution < 1.29 is 14.4 Å². The van der Waals surface area contributed by atoms with E-state index < -0.39 is 29.6 Å². The van der Waals surface area contributed by atoms with Crippen molar-refractivity contribution in [1.29, 1.82) is 0 Å². The SMILES string of the molecule is CC1=CN2C(=NC3C2C(=O)N(CC(=O)C(C)(C)C)C(=O)N3C)N1c1cccc(C)c1C. The van der Waals surface area contributed by atoms with Crippen molar-refractivity contribution in [3.8, 4) is 0 Å². The Hall–Kier alpha value is -3.16. The van der Waals surface area contributed by atoms with Crippen LogP contribution in [0.1, 0.15) is 38.8 Å². The number of urea groups is 1. The van der Waals surface area contributed by atoms with E-state index in [4.69, 9.17) is 4.99 Å². The lowest BCUT2D eigenvalue weighted by Gasteiger charge is -2.40. The number of Topliss-reactive ketones (excluding diaryl/α,β-unsaturated/α-hetero) is 1. The molecule has 0 N–H and O–H groups in total. The number of ketones is 1. The van der Waals surface area contributed by atoms with Crippen molar-refractivity contribution in [2.24, 2.45) is 10.4 Å². The van der Waals surface area contributed by atoms with Gasteiger partial charge in [-0.05, 0) is 38.0 Å². The Labute approximate surface area is 182 Å². The molecule has 8 heteroatoms. The van der Waals surface area contributed by atoms with Crippen molar-refractivity contribution in [3.63, 3.8) is 0 Å². The lowest BCUT2D eigenvalue weighted by molar-refractivity contribution is -0.141. The summed E-state index contributed by atoms with van der Waals surface area (Å²) in [5, 5.41) is 0. The zero-order valence-corrected chi connectivity index (χ0v) is 19.1. The summed E-state index contributed by atoms with van der Waals surface area (Å²) in [5.74, 6) is 0.0693. The van der Waals surface area contributed by atoms with Crippen molar-refractivity contribution >= 4 is 29.4 Å². The fraction of sp³-hybridized carbons (Fsp3) is 0.478. The van der Waals surface area contributed by atoms with E-state index in [1.165, 1.54) is 4.90 Å². The number of allylic oxidation sites excluding steroid dienone is 1. The van der Waals surface area contributed by atoms with E-state index in [9.17, 15) is 14.4 Å². The van der Waals surface area contributed by atoms with Crippen LogP contribution in [0.25, 0.3) is 0 Å². The highest BCUT2D eigenvalue weighted by Crippen LogP contribution is 2.38. The molecule has 3 amide bonds. The number of anilines is 1. The average Bonchev–Trinajstić information content (AvgIpc) is 3.19. The van der Waals surface area contributed by atoms with Crippen LogP contribution in [0, 0.1) is 19.3 Å². The van der Waals surface area contributed by atoms with E-state index in [0.717, 1.165) is 27.4 Å². The summed E-state index contributed by atoms with van der Waals surface area (Å²) in [5.41, 5.74) is 3.58. The predicted molar refractivity (Wildman–Crippen MR) is 118 cm³/mol. The summed E-state index contributed by atoms with van der Waals surface area (Å²) in [6.45, 7) is 11.2. The molecule has 3 heterocycles. The maximum absolute atomic E-state index is 13.4. The van der Waals surface area contributed by atoms with Gasteiger partial charge in [0.15, 0.2) is 18.0 Å². The number of rotatable bonds is 3. The Morgan fingerprint density at radius 2 is 1.81 bits per heavy atom. The van der Waals surface area contributed by atoms with E-state index in [1.807, 2.05) is 35.1 Å². The Kier molecular flexibility index (Phi) is 4.72. The van der Waals surface area contributed by atoms with Gasteiger partial charge >= 0.3 is 6.03 Å². The van der Waals surface area contributed by atoms with Crippen molar-refractivity contribution in [3.05, 3.63) is 41.2 Å². The summed E-state index contributed by atoms with van der Waals surface area (Å²) in [6, 6.07) is 4.90. The van der Waals surface area contributed by atoms with Gasteiger partial charge in [-0.1, -0.05) is 32.9 Å². The number of aliphatic imine (C=N–C) groups is 1. The number of benzene rings is 1. The third-order valence-corrected chi connectivity index (χ3v) is 6.34. The minimum Gasteiger partial charge on any atom is -0.302 e. The lowest BCUT2D eigenvalue weighted by Crippen LogP contribution is -2.65. The fourth-order valence-corrected chi connectivity index (χ4v) is 4.16. The van der Waals surface area contributed by atoms with E-state index in [0.29, 0.717) is 5.96 Å². The number of hydrogen-bond donors (Lipinski definition) is 0. The average molecular weight is 424 g/mol. The second-order valence-corrected chi connectivity index (χ2v) is 9.51. The Morgan fingerprint density at radius 1 is 1.13 bits per heavy atom. The third-order valence-electron chi connectivity index (χ3n) is 6.34. The fourth-order valence-electron chi connectivity index (χ4n) is 4.16. The molecule has 2 atom stereocenters. The molecule has 1 saturated heterocycles. The minimum atomic E-state index is -0.685. The van der Waals surface area contributed by atoms with Gasteiger partial charge in [-0.2, -0.15) is 0 Å². The first-order valence-electron chi connectivity index (χ1n) is 10.5. The van der Waals surface area contributed by atoms with Gasteiger partial charge in [-0.3, -0.25) is 19.4 Å². The molecule has 1 aromatic carbocycles. The highest BCUT2D eigenvalue weighted by molar-refractivity contribution is 6.11. The van der Waals surface area contributed by atoms with Crippen LogP contribution in [0.4, 0.5) is 10.5 Å². The first-order chi connectivity index (χ1) is 14.4. The monoisotopic (exact) mass is 423 g/mol. The second kappa shape index (κ2) is 6.93. The zero-order valence-electron chi connectivity index (χ0n) is 19.1. The van der Waals surface area contributed by atoms with E-state index in [1.54, 1.807) is 27.8 Å². The van der Waals surface area contributed by atoms with Crippen molar-refractivity contribution in [2.45, 2.75) is 53.8 Å². The van der Waals surface area contributed by atoms with Gasteiger partial charge in [0.25, 0.3) is 5.91 Å². The summed E-state index contributed by atoms with van der Waals surface area (Å²) in [4.78, 5) is 50.1. The molecule has 8 nitrogen and oxygen atoms in total. The van der Waals surface area contributed by atoms with E-state index >= 15 is 0 Å². The van der Waals surface area contributed by atoms with Gasteiger partial charge in [-0.15, -0.1) is 0 Å². The predicted octanol–water partition coefficient (Wildman–Crippen LogP) is 2.86. The lowest BCUT2D eigenvalue weighted by atomic mass is 9.90. The number of fused-ring (bicyclic) bond motifs is 3. The van der Waals surface area contributed by atoms with Crippen molar-refractivity contribution in [2.75, 3.05) is 18.5 Å². The first kappa shape index (κ1) is 21.1. The molecule has 4 rings (SSSR count). The molecular weight excluding hydrogens is 394 g/mol. The normalized spacial score (nSPS) is 23.2. The highest BCUT2D eigenvalue weighted by atomic mass is 16.2. The Morgan fingerprint density at radius 3 is 2.45 bits per heavy atom. The maximum atomic E-state index is 13.4. The molecule has 3 aliphatic rings. The molecule has 2 unspecified atom stereocenters. The van der Waals surface area contributed by atoms with Crippen LogP contribution >= 0.6 is 0 Å². The molecule has 0 radical (unpaired) electrons. The van der Waals surface area contributed by atoms with Gasteiger partial charge in [0.05, 0.1) is 12.2 Å². The smallest absolute Gasteiger partial charge is 0.302 e. The molecule has 0 bridgehead atoms. The van der Waals surface area contributed by atoms with Gasteiger partial charge in [0, 0.05) is 24.4 Å². The molecule has 164 valence electrons. The molecular formula is C23H29N5O3. The maximum Gasteiger partial charge on any atom is 0.328 e. The van der Waals surface area contributed by atoms with Crippen LogP contribution in [0.3, 0.4) is 0 Å². The number of carbonyl (C=O) groups excluding carboxylic acids is 3. The van der Waals surface area contributed by atoms with Gasteiger partial charge in [0.1, 0.15) is 0 Å². The van der Waals surface area contributed by atoms with Crippen LogP contribution < -0.4 is 4.90 Å². The molecule has 1 aromatic rings. The van der Waals surface area contributed by atoms with Gasteiger partial charge in [0.2, 0.25) is 5.96 Å². The highest BCUT2D eigenvalue weighted by Gasteiger charge is 2.55. The Bertz CT molecular complexity index is 1050. The number of likely N-dealkylation sites (N-methyl/N-ethyl adjacent to an activating group) is 1. The number of guanidine groups is 1. The quantitative estimate of drug-likeness (QED) is 0.747. The second-order valence-electron chi connectivity index (χ2n) is 9.51. The van der Waals surface area contributed by atoms with E-state index in [-0.39, 0.29) is 12.3 Å². The van der Waals surface area contributed by atoms with Crippen LogP contribution in [-0.4, -0.2) is 64.2 Å². The summed E-state index contributed by atoms with van der Waals surface area (Å²) >= 11 is 0. The standard InChI is InChI=1S/C23H29N5O3/c1-13-9-8-10-16(15(13)3)28-14(2)11-26-18-19(24-21(26)28)25(7)22(31)27(20(18)30)12-17(29)23(4,5)6/h8-11,18-19H,12H2,1-7H3. The molecule has 3 aliphatic heterocycles. The number of carbonyl (C=O) groups is 3. The first-order valence-corrected chi connectivity index (χ1v) is 10.5. The molecule has 31 heavy (non-hydrogen) atoms. The zero-order chi connectivity index (χ0) is 22.8. The number of aryl methyl sites for hydroxylation is 1. The number of amides is 3. The third kappa shape index (κ3) is 3.12. The number of nitrogens with zero attached hydrogens (tertiary/aromatic N) is 5. The molecule has 0 aliphatic carbocycles. The number of hydrogen-bond acceptors (Lipinski definition) is 6. The molecule has 1 fully saturated rings. The minimum absolute atomic E-state index is 0.162. The largest absolute Gasteiger partial charge is 0.328 e. The topological polar surface area (TPSA) is 76.5 Å². The summed E-state index contributed by atoms with van der Waals surface area (Å²) in [7, 11) is 1.63. The van der Waals surface area contributed by atoms with Crippen LogP contribution in [0.5, 0.6) is 0 Å². The van der Waals surface area contributed by atoms with Crippen LogP contribution in [0.15, 0.2) is 35.1 Å². The summed E-state index contributed by atoms with van der Waals surface area (Å²) < 4.78 is 0. The van der Waals surface area contributed by atoms with E-state index in [2.05, 4.69) is 19.9 Å². The summed E-state index contributed by atoms with van der Waals surface area (Å²) in [6.07, 6.45) is 1.27.